The standard InChI is InChI=1S/C23H29N3O4S2/c1-14-6-11-18-19(13-14)31-23(20(18)21(24)27)25-22(28)16-7-9-17(10-8-16)32(29,30)26-12-4-3-5-15(26)2/h7-10,14-15H,3-6,11-13H2,1-2H3,(H2,24,27)(H,25,28)/t14-,15+/m1/s1. The molecule has 1 saturated heterocycles. The zero-order valence-electron chi connectivity index (χ0n) is 18.4. The minimum atomic E-state index is -3.60. The highest BCUT2D eigenvalue weighted by molar-refractivity contribution is 7.89. The number of amides is 2. The highest BCUT2D eigenvalue weighted by atomic mass is 32.2. The van der Waals surface area contributed by atoms with Crippen LogP contribution >= 0.6 is 11.3 Å². The number of hydrogen-bond acceptors (Lipinski definition) is 5. The fraction of sp³-hybridized carbons (Fsp3) is 0.478. The second-order valence-corrected chi connectivity index (χ2v) is 11.9. The molecular weight excluding hydrogens is 446 g/mol. The van der Waals surface area contributed by atoms with Crippen LogP contribution in [0, 0.1) is 5.92 Å². The Hall–Kier alpha value is -2.23. The van der Waals surface area contributed by atoms with Gasteiger partial charge in [-0.05, 0) is 74.8 Å². The van der Waals surface area contributed by atoms with Gasteiger partial charge in [0.05, 0.1) is 10.5 Å². The number of nitrogens with one attached hydrogen (secondary N) is 1. The van der Waals surface area contributed by atoms with E-state index in [0.29, 0.717) is 28.6 Å². The third kappa shape index (κ3) is 4.33. The van der Waals surface area contributed by atoms with Crippen LogP contribution in [0.2, 0.25) is 0 Å². The van der Waals surface area contributed by atoms with Crippen LogP contribution in [0.5, 0.6) is 0 Å². The second kappa shape index (κ2) is 8.96. The van der Waals surface area contributed by atoms with Crippen molar-refractivity contribution in [3.63, 3.8) is 0 Å². The summed E-state index contributed by atoms with van der Waals surface area (Å²) in [4.78, 5) is 26.2. The number of piperidine rings is 1. The van der Waals surface area contributed by atoms with Gasteiger partial charge in [-0.2, -0.15) is 4.31 Å². The summed E-state index contributed by atoms with van der Waals surface area (Å²) in [5.41, 5.74) is 7.31. The Morgan fingerprint density at radius 1 is 1.12 bits per heavy atom. The van der Waals surface area contributed by atoms with Gasteiger partial charge in [0, 0.05) is 23.0 Å². The molecule has 1 aromatic heterocycles. The molecule has 7 nitrogen and oxygen atoms in total. The molecular formula is C23H29N3O4S2. The molecule has 2 aliphatic rings. The molecule has 2 heterocycles. The van der Waals surface area contributed by atoms with E-state index in [4.69, 9.17) is 5.73 Å². The van der Waals surface area contributed by atoms with Crippen molar-refractivity contribution in [3.8, 4) is 0 Å². The number of hydrogen-bond donors (Lipinski definition) is 2. The smallest absolute Gasteiger partial charge is 0.256 e. The third-order valence-corrected chi connectivity index (χ3v) is 9.65. The molecule has 32 heavy (non-hydrogen) atoms. The van der Waals surface area contributed by atoms with Crippen LogP contribution in [0.25, 0.3) is 0 Å². The Bertz CT molecular complexity index is 1140. The number of sulfonamides is 1. The zero-order chi connectivity index (χ0) is 23.0. The van der Waals surface area contributed by atoms with E-state index in [-0.39, 0.29) is 10.9 Å². The molecule has 4 rings (SSSR count). The quantitative estimate of drug-likeness (QED) is 0.686. The number of benzene rings is 1. The summed E-state index contributed by atoms with van der Waals surface area (Å²) in [7, 11) is -3.60. The first kappa shape index (κ1) is 22.9. The molecule has 1 aliphatic heterocycles. The first-order valence-corrected chi connectivity index (χ1v) is 13.3. The van der Waals surface area contributed by atoms with Crippen molar-refractivity contribution in [2.45, 2.75) is 63.3 Å². The first-order chi connectivity index (χ1) is 15.2. The first-order valence-electron chi connectivity index (χ1n) is 11.1. The molecule has 0 saturated carbocycles. The summed E-state index contributed by atoms with van der Waals surface area (Å²) in [6.45, 7) is 4.62. The lowest BCUT2D eigenvalue weighted by Crippen LogP contribution is -2.41. The average molecular weight is 476 g/mol. The molecule has 9 heteroatoms. The molecule has 0 unspecified atom stereocenters. The van der Waals surface area contributed by atoms with Crippen LogP contribution in [-0.2, 0) is 22.9 Å². The van der Waals surface area contributed by atoms with Gasteiger partial charge in [0.15, 0.2) is 0 Å². The summed E-state index contributed by atoms with van der Waals surface area (Å²) in [5.74, 6) is -0.401. The number of primary amides is 1. The lowest BCUT2D eigenvalue weighted by Gasteiger charge is -2.32. The molecule has 172 valence electrons. The predicted molar refractivity (Wildman–Crippen MR) is 126 cm³/mol. The molecule has 0 bridgehead atoms. The SMILES string of the molecule is C[C@@H]1CCc2c(sc(NC(=O)c3ccc(S(=O)(=O)N4CCCC[C@@H]4C)cc3)c2C(N)=O)C1. The van der Waals surface area contributed by atoms with Gasteiger partial charge in [0.1, 0.15) is 5.00 Å². The largest absolute Gasteiger partial charge is 0.365 e. The van der Waals surface area contributed by atoms with E-state index in [1.54, 1.807) is 4.31 Å². The Labute approximate surface area is 193 Å². The maximum absolute atomic E-state index is 13.0. The topological polar surface area (TPSA) is 110 Å². The van der Waals surface area contributed by atoms with Crippen molar-refractivity contribution in [2.75, 3.05) is 11.9 Å². The van der Waals surface area contributed by atoms with Crippen LogP contribution in [0.15, 0.2) is 29.2 Å². The minimum absolute atomic E-state index is 0.0310. The van der Waals surface area contributed by atoms with E-state index >= 15 is 0 Å². The number of anilines is 1. The normalized spacial score (nSPS) is 21.7. The van der Waals surface area contributed by atoms with E-state index in [1.165, 1.54) is 35.6 Å². The van der Waals surface area contributed by atoms with Gasteiger partial charge < -0.3 is 11.1 Å². The van der Waals surface area contributed by atoms with Gasteiger partial charge in [0.2, 0.25) is 10.0 Å². The summed E-state index contributed by atoms with van der Waals surface area (Å²) in [5, 5.41) is 3.30. The highest BCUT2D eigenvalue weighted by Crippen LogP contribution is 2.39. The summed E-state index contributed by atoms with van der Waals surface area (Å²) >= 11 is 1.41. The van der Waals surface area contributed by atoms with E-state index in [9.17, 15) is 18.0 Å². The van der Waals surface area contributed by atoms with Crippen molar-refractivity contribution in [1.82, 2.24) is 4.31 Å². The number of nitrogens with two attached hydrogens (primary N) is 1. The summed E-state index contributed by atoms with van der Waals surface area (Å²) in [6, 6.07) is 5.94. The fourth-order valence-electron chi connectivity index (χ4n) is 4.62. The molecule has 0 spiro atoms. The van der Waals surface area contributed by atoms with Crippen LogP contribution in [0.3, 0.4) is 0 Å². The Morgan fingerprint density at radius 2 is 1.84 bits per heavy atom. The summed E-state index contributed by atoms with van der Waals surface area (Å²) in [6.07, 6.45) is 5.38. The maximum Gasteiger partial charge on any atom is 0.256 e. The number of fused-ring (bicyclic) bond motifs is 1. The number of nitrogens with zero attached hydrogens (tertiary/aromatic N) is 1. The number of rotatable bonds is 5. The summed E-state index contributed by atoms with van der Waals surface area (Å²) < 4.78 is 27.6. The van der Waals surface area contributed by atoms with Gasteiger partial charge in [-0.1, -0.05) is 13.3 Å². The monoisotopic (exact) mass is 475 g/mol. The van der Waals surface area contributed by atoms with Crippen LogP contribution in [0.4, 0.5) is 5.00 Å². The van der Waals surface area contributed by atoms with E-state index in [2.05, 4.69) is 12.2 Å². The van der Waals surface area contributed by atoms with Crippen molar-refractivity contribution in [1.29, 1.82) is 0 Å². The van der Waals surface area contributed by atoms with E-state index in [1.807, 2.05) is 6.92 Å². The maximum atomic E-state index is 13.0. The number of carbonyl (C=O) groups is 2. The molecule has 1 fully saturated rings. The predicted octanol–water partition coefficient (Wildman–Crippen LogP) is 3.79. The Morgan fingerprint density at radius 3 is 2.50 bits per heavy atom. The lowest BCUT2D eigenvalue weighted by molar-refractivity contribution is 0.1000. The van der Waals surface area contributed by atoms with Crippen LogP contribution in [-0.4, -0.2) is 37.1 Å². The third-order valence-electron chi connectivity index (χ3n) is 6.45. The van der Waals surface area contributed by atoms with Gasteiger partial charge in [-0.25, -0.2) is 8.42 Å². The van der Waals surface area contributed by atoms with Crippen LogP contribution < -0.4 is 11.1 Å². The van der Waals surface area contributed by atoms with Crippen LogP contribution in [0.1, 0.15) is 70.7 Å². The van der Waals surface area contributed by atoms with E-state index in [0.717, 1.165) is 49.0 Å². The molecule has 1 aromatic carbocycles. The Kier molecular flexibility index (Phi) is 6.42. The fourth-order valence-corrected chi connectivity index (χ4v) is 7.73. The molecule has 0 radical (unpaired) electrons. The Balaban J connectivity index is 1.55. The van der Waals surface area contributed by atoms with Gasteiger partial charge in [0.25, 0.3) is 11.8 Å². The average Bonchev–Trinajstić information content (AvgIpc) is 3.11. The number of carbonyl (C=O) groups excluding carboxylic acids is 2. The molecule has 2 aromatic rings. The molecule has 2 amide bonds. The van der Waals surface area contributed by atoms with E-state index < -0.39 is 21.8 Å². The van der Waals surface area contributed by atoms with Gasteiger partial charge in [-0.15, -0.1) is 11.3 Å². The zero-order valence-corrected chi connectivity index (χ0v) is 20.0. The molecule has 3 N–H and O–H groups in total. The highest BCUT2D eigenvalue weighted by Gasteiger charge is 2.31. The van der Waals surface area contributed by atoms with Gasteiger partial charge >= 0.3 is 0 Å². The molecule has 2 atom stereocenters. The number of thiophene rings is 1. The van der Waals surface area contributed by atoms with Crippen molar-refractivity contribution in [2.24, 2.45) is 11.7 Å². The minimum Gasteiger partial charge on any atom is -0.365 e. The second-order valence-electron chi connectivity index (χ2n) is 8.86. The van der Waals surface area contributed by atoms with Gasteiger partial charge in [-0.3, -0.25) is 9.59 Å². The van der Waals surface area contributed by atoms with Crippen molar-refractivity contribution >= 4 is 38.2 Å². The lowest BCUT2D eigenvalue weighted by atomic mass is 9.88. The van der Waals surface area contributed by atoms with Crippen molar-refractivity contribution < 1.29 is 18.0 Å². The van der Waals surface area contributed by atoms with Crippen molar-refractivity contribution in [3.05, 3.63) is 45.8 Å². The molecule has 1 aliphatic carbocycles.